The summed E-state index contributed by atoms with van der Waals surface area (Å²) < 4.78 is 42.9. The zero-order valence-corrected chi connectivity index (χ0v) is 25.6. The Morgan fingerprint density at radius 2 is 1.73 bits per heavy atom. The van der Waals surface area contributed by atoms with Crippen LogP contribution in [-0.2, 0) is 17.7 Å². The Balaban J connectivity index is 0.00000442. The molecule has 1 aliphatic carbocycles. The summed E-state index contributed by atoms with van der Waals surface area (Å²) in [6, 6.07) is 11.8. The van der Waals surface area contributed by atoms with Gasteiger partial charge in [-0.1, -0.05) is 41.4 Å². The van der Waals surface area contributed by atoms with Gasteiger partial charge in [-0.25, -0.2) is 9.78 Å². The SMILES string of the molecule is O=C(O[C@@H](Cc1c(Cl)c[nH+]cc1Cl)c1ccc(OC(F)F)c(OCC2CC2)c1)c1cccc(CN2CCC(CO)CC2)c1.[OH-]. The Hall–Kier alpha value is -3.02. The normalized spacial score (nSPS) is 16.3. The van der Waals surface area contributed by atoms with Crippen LogP contribution in [0.1, 0.15) is 58.8 Å². The standard InChI is InChI=1S/C32H34Cl2F2N2O5.H2O/c33-26-15-37-16-27(34)25(26)14-29(23-6-7-28(43-32(35)36)30(13-23)41-19-21-4-5-21)42-31(40)24-3-1-2-22(12-24)17-38-10-8-20(18-39)9-11-38;/h1-3,6-7,12-13,15-16,20-21,29,32,39H,4-5,8-11,14,17-19H2;1H2/t29-;/m0./s1. The smallest absolute Gasteiger partial charge is 0.387 e. The zero-order valence-electron chi connectivity index (χ0n) is 24.1. The molecular formula is C32H36Cl2F2N2O6. The third-order valence-corrected chi connectivity index (χ3v) is 8.57. The number of likely N-dealkylation sites (tertiary alicyclic amines) is 1. The van der Waals surface area contributed by atoms with Crippen molar-refractivity contribution in [2.45, 2.75) is 51.4 Å². The lowest BCUT2D eigenvalue weighted by Gasteiger charge is -2.31. The number of aliphatic hydroxyl groups excluding tert-OH is 1. The third kappa shape index (κ3) is 9.25. The Bertz CT molecular complexity index is 1380. The maximum atomic E-state index is 13.5. The van der Waals surface area contributed by atoms with Crippen molar-refractivity contribution in [2.75, 3.05) is 26.3 Å². The topological polar surface area (TPSA) is 112 Å². The van der Waals surface area contributed by atoms with E-state index in [0.717, 1.165) is 44.3 Å². The Morgan fingerprint density at radius 1 is 1.00 bits per heavy atom. The van der Waals surface area contributed by atoms with Crippen LogP contribution in [0.3, 0.4) is 0 Å². The summed E-state index contributed by atoms with van der Waals surface area (Å²) in [6.45, 7) is 0.0213. The number of hydrogen-bond donors (Lipinski definition) is 1. The van der Waals surface area contributed by atoms with Crippen molar-refractivity contribution in [2.24, 2.45) is 11.8 Å². The van der Waals surface area contributed by atoms with Crippen LogP contribution >= 0.6 is 23.2 Å². The van der Waals surface area contributed by atoms with Crippen LogP contribution in [0.15, 0.2) is 54.9 Å². The number of H-pyrrole nitrogens is 1. The average Bonchev–Trinajstić information content (AvgIpc) is 3.83. The van der Waals surface area contributed by atoms with Crippen LogP contribution in [-0.4, -0.2) is 54.4 Å². The van der Waals surface area contributed by atoms with Gasteiger partial charge in [0.05, 0.1) is 12.2 Å². The molecule has 1 saturated carbocycles. The maximum Gasteiger partial charge on any atom is 0.387 e. The number of benzene rings is 2. The summed E-state index contributed by atoms with van der Waals surface area (Å²) in [6.07, 6.45) is 6.35. The van der Waals surface area contributed by atoms with Crippen molar-refractivity contribution in [3.63, 3.8) is 0 Å². The first-order chi connectivity index (χ1) is 20.8. The molecule has 3 aromatic rings. The van der Waals surface area contributed by atoms with E-state index in [4.69, 9.17) is 37.4 Å². The molecule has 2 fully saturated rings. The molecule has 0 bridgehead atoms. The molecule has 44 heavy (non-hydrogen) atoms. The lowest BCUT2D eigenvalue weighted by Crippen LogP contribution is -2.34. The van der Waals surface area contributed by atoms with Crippen molar-refractivity contribution in [3.05, 3.63) is 87.2 Å². The molecule has 1 saturated heterocycles. The number of hydrogen-bond acceptors (Lipinski definition) is 7. The predicted molar refractivity (Wildman–Crippen MR) is 160 cm³/mol. The van der Waals surface area contributed by atoms with E-state index in [0.29, 0.717) is 51.7 Å². The van der Waals surface area contributed by atoms with E-state index in [1.54, 1.807) is 30.6 Å². The molecule has 3 N–H and O–H groups in total. The number of carbonyl (C=O) groups excluding carboxylic acids is 1. The van der Waals surface area contributed by atoms with E-state index >= 15 is 0 Å². The van der Waals surface area contributed by atoms with Gasteiger partial charge in [-0.05, 0) is 86.0 Å². The van der Waals surface area contributed by atoms with E-state index in [2.05, 4.69) is 9.88 Å². The first-order valence-electron chi connectivity index (χ1n) is 14.5. The highest BCUT2D eigenvalue weighted by molar-refractivity contribution is 6.35. The molecular weight excluding hydrogens is 617 g/mol. The number of rotatable bonds is 13. The fourth-order valence-electron chi connectivity index (χ4n) is 5.19. The lowest BCUT2D eigenvalue weighted by molar-refractivity contribution is -0.377. The van der Waals surface area contributed by atoms with Gasteiger partial charge in [0, 0.05) is 25.1 Å². The number of piperidine rings is 1. The summed E-state index contributed by atoms with van der Waals surface area (Å²) in [7, 11) is 0. The van der Waals surface area contributed by atoms with E-state index in [1.165, 1.54) is 6.07 Å². The fourth-order valence-corrected chi connectivity index (χ4v) is 5.72. The number of nitrogens with zero attached hydrogens (tertiary/aromatic N) is 1. The van der Waals surface area contributed by atoms with E-state index in [1.807, 2.05) is 18.2 Å². The van der Waals surface area contributed by atoms with Gasteiger partial charge in [0.2, 0.25) is 0 Å². The minimum Gasteiger partial charge on any atom is -0.870 e. The number of alkyl halides is 2. The quantitative estimate of drug-likeness (QED) is 0.214. The molecule has 1 aromatic heterocycles. The van der Waals surface area contributed by atoms with E-state index < -0.39 is 18.7 Å². The number of carbonyl (C=O) groups is 1. The second-order valence-electron chi connectivity index (χ2n) is 11.2. The molecule has 1 atom stereocenters. The Labute approximate surface area is 265 Å². The van der Waals surface area contributed by atoms with E-state index in [9.17, 15) is 18.7 Å². The largest absolute Gasteiger partial charge is 0.870 e. The van der Waals surface area contributed by atoms with Gasteiger partial charge in [0.15, 0.2) is 23.9 Å². The van der Waals surface area contributed by atoms with Crippen molar-refractivity contribution in [1.29, 1.82) is 0 Å². The number of pyridine rings is 1. The van der Waals surface area contributed by atoms with Crippen molar-refractivity contribution in [3.8, 4) is 11.5 Å². The highest BCUT2D eigenvalue weighted by atomic mass is 35.5. The number of ether oxygens (including phenoxy) is 3. The summed E-state index contributed by atoms with van der Waals surface area (Å²) in [5.41, 5.74) is 2.44. The highest BCUT2D eigenvalue weighted by Crippen LogP contribution is 2.38. The zero-order chi connectivity index (χ0) is 30.3. The summed E-state index contributed by atoms with van der Waals surface area (Å²) in [5, 5.41) is 10.2. The molecule has 2 heterocycles. The Morgan fingerprint density at radius 3 is 2.39 bits per heavy atom. The summed E-state index contributed by atoms with van der Waals surface area (Å²) in [5.74, 6) is 0.230. The van der Waals surface area contributed by atoms with Gasteiger partial charge >= 0.3 is 12.6 Å². The molecule has 12 heteroatoms. The number of aliphatic hydroxyl groups is 1. The van der Waals surface area contributed by atoms with Gasteiger partial charge in [-0.2, -0.15) is 8.78 Å². The van der Waals surface area contributed by atoms with E-state index in [-0.39, 0.29) is 30.0 Å². The van der Waals surface area contributed by atoms with Crippen molar-refractivity contribution < 1.29 is 43.4 Å². The van der Waals surface area contributed by atoms with Gasteiger partial charge in [0.1, 0.15) is 16.1 Å². The molecule has 0 radical (unpaired) electrons. The summed E-state index contributed by atoms with van der Waals surface area (Å²) in [4.78, 5) is 18.7. The molecule has 5 rings (SSSR count). The molecule has 238 valence electrons. The lowest BCUT2D eigenvalue weighted by atomic mass is 9.97. The minimum atomic E-state index is -3.02. The van der Waals surface area contributed by atoms with Gasteiger partial charge in [-0.3, -0.25) is 4.90 Å². The number of aromatic amines is 1. The fraction of sp³-hybridized carbons (Fsp3) is 0.438. The van der Waals surface area contributed by atoms with Gasteiger partial charge in [0.25, 0.3) is 0 Å². The van der Waals surface area contributed by atoms with Gasteiger partial charge in [-0.15, -0.1) is 0 Å². The minimum absolute atomic E-state index is 0. The number of aromatic nitrogens is 1. The van der Waals surface area contributed by atoms with Crippen LogP contribution in [0.4, 0.5) is 8.78 Å². The van der Waals surface area contributed by atoms with Crippen LogP contribution in [0.5, 0.6) is 11.5 Å². The molecule has 0 amide bonds. The van der Waals surface area contributed by atoms with Crippen LogP contribution < -0.4 is 14.5 Å². The number of nitrogens with one attached hydrogen (secondary N) is 1. The van der Waals surface area contributed by atoms with Crippen molar-refractivity contribution in [1.82, 2.24) is 4.90 Å². The van der Waals surface area contributed by atoms with Crippen molar-refractivity contribution >= 4 is 29.2 Å². The first kappa shape index (κ1) is 33.9. The molecule has 8 nitrogen and oxygen atoms in total. The summed E-state index contributed by atoms with van der Waals surface area (Å²) >= 11 is 12.9. The second kappa shape index (κ2) is 15.8. The Kier molecular flexibility index (Phi) is 12.2. The second-order valence-corrected chi connectivity index (χ2v) is 12.0. The maximum absolute atomic E-state index is 13.5. The monoisotopic (exact) mass is 652 g/mol. The van der Waals surface area contributed by atoms with Gasteiger partial charge < -0.3 is 24.8 Å². The molecule has 2 aromatic carbocycles. The molecule has 0 unspecified atom stereocenters. The first-order valence-corrected chi connectivity index (χ1v) is 15.2. The van der Waals surface area contributed by atoms with Crippen LogP contribution in [0, 0.1) is 11.8 Å². The third-order valence-electron chi connectivity index (χ3n) is 7.90. The van der Waals surface area contributed by atoms with Crippen LogP contribution in [0.25, 0.3) is 0 Å². The highest BCUT2D eigenvalue weighted by Gasteiger charge is 2.27. The average molecular weight is 654 g/mol. The number of halogens is 4. The van der Waals surface area contributed by atoms with Crippen LogP contribution in [0.2, 0.25) is 10.0 Å². The molecule has 0 spiro atoms. The molecule has 2 aliphatic rings. The molecule has 1 aliphatic heterocycles. The number of esters is 1. The predicted octanol–water partition coefficient (Wildman–Crippen LogP) is 6.37.